The lowest BCUT2D eigenvalue weighted by Gasteiger charge is -2.28. The number of anilines is 3. The van der Waals surface area contributed by atoms with Gasteiger partial charge < -0.3 is 15.0 Å². The van der Waals surface area contributed by atoms with E-state index >= 15 is 0 Å². The molecule has 1 aliphatic heterocycles. The molecule has 0 bridgehead atoms. The number of thiophene rings is 1. The molecular weight excluding hydrogens is 486 g/mol. The zero-order valence-corrected chi connectivity index (χ0v) is 20.9. The van der Waals surface area contributed by atoms with Gasteiger partial charge in [-0.15, -0.1) is 11.3 Å². The average molecular weight is 514 g/mol. The van der Waals surface area contributed by atoms with E-state index in [1.807, 2.05) is 24.3 Å². The molecule has 1 amide bonds. The van der Waals surface area contributed by atoms with Crippen molar-refractivity contribution in [3.8, 4) is 0 Å². The van der Waals surface area contributed by atoms with Crippen molar-refractivity contribution in [1.82, 2.24) is 0 Å². The monoisotopic (exact) mass is 513 g/mol. The molecule has 3 aromatic rings. The SMILES string of the molecule is C[C@@H](OC(=O)c1ccc(NS(=O)(=O)c2cccs2)cc1)C(=O)Nc1ccc(N2CCCCC2)cc1. The Labute approximate surface area is 209 Å². The van der Waals surface area contributed by atoms with Crippen LogP contribution < -0.4 is 14.9 Å². The van der Waals surface area contributed by atoms with Gasteiger partial charge >= 0.3 is 5.97 Å². The number of benzene rings is 2. The van der Waals surface area contributed by atoms with Crippen LogP contribution in [0.3, 0.4) is 0 Å². The minimum absolute atomic E-state index is 0.196. The highest BCUT2D eigenvalue weighted by molar-refractivity contribution is 7.94. The summed E-state index contributed by atoms with van der Waals surface area (Å²) >= 11 is 1.11. The second-order valence-corrected chi connectivity index (χ2v) is 11.1. The van der Waals surface area contributed by atoms with E-state index in [0.717, 1.165) is 30.1 Å². The number of carbonyl (C=O) groups is 2. The molecule has 0 unspecified atom stereocenters. The van der Waals surface area contributed by atoms with Crippen LogP contribution in [0.25, 0.3) is 0 Å². The summed E-state index contributed by atoms with van der Waals surface area (Å²) in [5.74, 6) is -1.12. The van der Waals surface area contributed by atoms with Gasteiger partial charge in [0.05, 0.1) is 5.56 Å². The van der Waals surface area contributed by atoms with Gasteiger partial charge in [-0.25, -0.2) is 13.2 Å². The van der Waals surface area contributed by atoms with Crippen molar-refractivity contribution < 1.29 is 22.7 Å². The van der Waals surface area contributed by atoms with E-state index < -0.39 is 28.0 Å². The fraction of sp³-hybridized carbons (Fsp3) is 0.280. The van der Waals surface area contributed by atoms with Gasteiger partial charge in [0.2, 0.25) is 0 Å². The Morgan fingerprint density at radius 3 is 2.23 bits per heavy atom. The molecule has 1 aliphatic rings. The van der Waals surface area contributed by atoms with Crippen molar-refractivity contribution in [2.45, 2.75) is 36.5 Å². The van der Waals surface area contributed by atoms with Crippen LogP contribution in [0, 0.1) is 0 Å². The predicted octanol–water partition coefficient (Wildman–Crippen LogP) is 4.72. The lowest BCUT2D eigenvalue weighted by molar-refractivity contribution is -0.123. The zero-order valence-electron chi connectivity index (χ0n) is 19.3. The van der Waals surface area contributed by atoms with Crippen molar-refractivity contribution in [3.63, 3.8) is 0 Å². The van der Waals surface area contributed by atoms with Gasteiger partial charge in [-0.05, 0) is 86.2 Å². The van der Waals surface area contributed by atoms with Gasteiger partial charge in [0, 0.05) is 30.2 Å². The van der Waals surface area contributed by atoms with Crippen molar-refractivity contribution in [3.05, 3.63) is 71.6 Å². The number of hydrogen-bond donors (Lipinski definition) is 2. The number of nitrogens with one attached hydrogen (secondary N) is 2. The molecule has 4 rings (SSSR count). The summed E-state index contributed by atoms with van der Waals surface area (Å²) in [7, 11) is -3.68. The number of sulfonamides is 1. The van der Waals surface area contributed by atoms with Crippen LogP contribution in [-0.2, 0) is 19.6 Å². The van der Waals surface area contributed by atoms with E-state index in [9.17, 15) is 18.0 Å². The molecule has 184 valence electrons. The smallest absolute Gasteiger partial charge is 0.338 e. The minimum atomic E-state index is -3.68. The second kappa shape index (κ2) is 10.9. The summed E-state index contributed by atoms with van der Waals surface area (Å²) in [4.78, 5) is 27.3. The quantitative estimate of drug-likeness (QED) is 0.422. The van der Waals surface area contributed by atoms with E-state index in [2.05, 4.69) is 14.9 Å². The lowest BCUT2D eigenvalue weighted by Crippen LogP contribution is -2.30. The Morgan fingerprint density at radius 2 is 1.60 bits per heavy atom. The maximum atomic E-state index is 12.5. The lowest BCUT2D eigenvalue weighted by atomic mass is 10.1. The first-order chi connectivity index (χ1) is 16.8. The molecule has 10 heteroatoms. The third kappa shape index (κ3) is 6.40. The maximum Gasteiger partial charge on any atom is 0.338 e. The van der Waals surface area contributed by atoms with Crippen molar-refractivity contribution in [1.29, 1.82) is 0 Å². The predicted molar refractivity (Wildman–Crippen MR) is 138 cm³/mol. The molecule has 35 heavy (non-hydrogen) atoms. The summed E-state index contributed by atoms with van der Waals surface area (Å²) in [5.41, 5.74) is 2.27. The van der Waals surface area contributed by atoms with E-state index in [1.54, 1.807) is 11.4 Å². The van der Waals surface area contributed by atoms with Gasteiger partial charge in [0.1, 0.15) is 4.21 Å². The average Bonchev–Trinajstić information content (AvgIpc) is 3.41. The molecule has 2 heterocycles. The largest absolute Gasteiger partial charge is 0.449 e. The normalized spacial score (nSPS) is 14.7. The number of amides is 1. The second-order valence-electron chi connectivity index (χ2n) is 8.25. The number of nitrogens with zero attached hydrogens (tertiary/aromatic N) is 1. The summed E-state index contributed by atoms with van der Waals surface area (Å²) < 4.78 is 32.6. The van der Waals surface area contributed by atoms with E-state index in [1.165, 1.54) is 56.5 Å². The third-order valence-electron chi connectivity index (χ3n) is 5.64. The number of carbonyl (C=O) groups excluding carboxylic acids is 2. The van der Waals surface area contributed by atoms with Crippen LogP contribution in [0.1, 0.15) is 36.5 Å². The Kier molecular flexibility index (Phi) is 7.72. The van der Waals surface area contributed by atoms with Crippen molar-refractivity contribution >= 4 is 50.3 Å². The molecule has 1 saturated heterocycles. The molecule has 1 fully saturated rings. The van der Waals surface area contributed by atoms with Crippen molar-refractivity contribution in [2.24, 2.45) is 0 Å². The molecule has 0 saturated carbocycles. The number of esters is 1. The van der Waals surface area contributed by atoms with Crippen LogP contribution in [0.4, 0.5) is 17.1 Å². The number of hydrogen-bond acceptors (Lipinski definition) is 7. The summed E-state index contributed by atoms with van der Waals surface area (Å²) in [5, 5.41) is 4.44. The first kappa shape index (κ1) is 24.7. The van der Waals surface area contributed by atoms with Gasteiger partial charge in [-0.3, -0.25) is 9.52 Å². The Balaban J connectivity index is 1.30. The molecule has 8 nitrogen and oxygen atoms in total. The van der Waals surface area contributed by atoms with Crippen LogP contribution >= 0.6 is 11.3 Å². The Morgan fingerprint density at radius 1 is 0.943 bits per heavy atom. The summed E-state index contributed by atoms with van der Waals surface area (Å²) in [6.07, 6.45) is 2.63. The molecule has 2 aromatic carbocycles. The molecule has 0 aliphatic carbocycles. The van der Waals surface area contributed by atoms with Crippen LogP contribution in [0.5, 0.6) is 0 Å². The molecule has 0 spiro atoms. The molecule has 1 atom stereocenters. The highest BCUT2D eigenvalue weighted by Gasteiger charge is 2.20. The first-order valence-electron chi connectivity index (χ1n) is 11.3. The maximum absolute atomic E-state index is 12.5. The summed E-state index contributed by atoms with van der Waals surface area (Å²) in [6.45, 7) is 3.58. The number of piperidine rings is 1. The summed E-state index contributed by atoms with van der Waals surface area (Å²) in [6, 6.07) is 16.6. The van der Waals surface area contributed by atoms with Crippen LogP contribution in [-0.4, -0.2) is 39.5 Å². The molecule has 1 aromatic heterocycles. The van der Waals surface area contributed by atoms with E-state index in [-0.39, 0.29) is 9.77 Å². The topological polar surface area (TPSA) is 105 Å². The van der Waals surface area contributed by atoms with Crippen molar-refractivity contribution in [2.75, 3.05) is 28.0 Å². The van der Waals surface area contributed by atoms with Crippen LogP contribution in [0.15, 0.2) is 70.3 Å². The molecule has 0 radical (unpaired) electrons. The van der Waals surface area contributed by atoms with E-state index in [0.29, 0.717) is 11.4 Å². The Bertz CT molecular complexity index is 1250. The number of ether oxygens (including phenoxy) is 1. The minimum Gasteiger partial charge on any atom is -0.449 e. The Hall–Kier alpha value is -3.37. The van der Waals surface area contributed by atoms with Gasteiger partial charge in [-0.2, -0.15) is 0 Å². The van der Waals surface area contributed by atoms with Gasteiger partial charge in [0.25, 0.3) is 15.9 Å². The van der Waals surface area contributed by atoms with Gasteiger partial charge in [0.15, 0.2) is 6.10 Å². The van der Waals surface area contributed by atoms with Gasteiger partial charge in [-0.1, -0.05) is 6.07 Å². The highest BCUT2D eigenvalue weighted by atomic mass is 32.2. The third-order valence-corrected chi connectivity index (χ3v) is 8.42. The first-order valence-corrected chi connectivity index (χ1v) is 13.7. The fourth-order valence-corrected chi connectivity index (χ4v) is 5.78. The highest BCUT2D eigenvalue weighted by Crippen LogP contribution is 2.23. The van der Waals surface area contributed by atoms with Crippen LogP contribution in [0.2, 0.25) is 0 Å². The number of rotatable bonds is 8. The molecule has 2 N–H and O–H groups in total. The van der Waals surface area contributed by atoms with E-state index in [4.69, 9.17) is 4.74 Å². The standard InChI is InChI=1S/C25H27N3O5S2/c1-18(24(29)26-20-11-13-22(14-12-20)28-15-3-2-4-16-28)33-25(30)19-7-9-21(10-8-19)27-35(31,32)23-6-5-17-34-23/h5-14,17-18,27H,2-4,15-16H2,1H3,(H,26,29)/t18-/m1/s1. The fourth-order valence-electron chi connectivity index (χ4n) is 3.73. The molecular formula is C25H27N3O5S2. The zero-order chi connectivity index (χ0) is 24.8.